The van der Waals surface area contributed by atoms with Crippen molar-refractivity contribution in [1.29, 1.82) is 0 Å². The molecular weight excluding hydrogens is 268 g/mol. The molecule has 0 radical (unpaired) electrons. The Hall–Kier alpha value is -0.840. The molecule has 0 amide bonds. The first kappa shape index (κ1) is 14.1. The zero-order valence-corrected chi connectivity index (χ0v) is 13.5. The Bertz CT molecular complexity index is 500. The predicted octanol–water partition coefficient (Wildman–Crippen LogP) is 4.07. The molecule has 5 heteroatoms. The van der Waals surface area contributed by atoms with E-state index in [1.807, 2.05) is 0 Å². The maximum Gasteiger partial charge on any atom is 0.225 e. The molecule has 1 spiro atoms. The summed E-state index contributed by atoms with van der Waals surface area (Å²) in [5.41, 5.74) is 0.643. The number of aromatic nitrogens is 3. The van der Waals surface area contributed by atoms with Gasteiger partial charge in [0, 0.05) is 19.1 Å². The molecule has 0 aromatic carbocycles. The monoisotopic (exact) mass is 294 g/mol. The third kappa shape index (κ3) is 2.52. The van der Waals surface area contributed by atoms with Crippen LogP contribution in [-0.4, -0.2) is 27.9 Å². The normalized spacial score (nSPS) is 22.6. The average Bonchev–Trinajstić information content (AvgIpc) is 2.82. The molecule has 2 heterocycles. The van der Waals surface area contributed by atoms with Crippen molar-refractivity contribution >= 4 is 18.2 Å². The Kier molecular flexibility index (Phi) is 3.89. The SMILES string of the molecule is CC(C)n1c(N2CCC3(CCCCC3)CC2)n[nH]c1=S. The second-order valence-electron chi connectivity index (χ2n) is 6.84. The lowest BCUT2D eigenvalue weighted by atomic mass is 9.68. The molecule has 1 saturated heterocycles. The van der Waals surface area contributed by atoms with E-state index in [0.29, 0.717) is 11.5 Å². The zero-order valence-electron chi connectivity index (χ0n) is 12.7. The van der Waals surface area contributed by atoms with Crippen molar-refractivity contribution in [1.82, 2.24) is 14.8 Å². The Morgan fingerprint density at radius 3 is 2.35 bits per heavy atom. The summed E-state index contributed by atoms with van der Waals surface area (Å²) < 4.78 is 2.89. The van der Waals surface area contributed by atoms with E-state index in [-0.39, 0.29) is 0 Å². The average molecular weight is 294 g/mol. The van der Waals surface area contributed by atoms with E-state index >= 15 is 0 Å². The Labute approximate surface area is 126 Å². The first-order valence-corrected chi connectivity index (χ1v) is 8.44. The summed E-state index contributed by atoms with van der Waals surface area (Å²) in [7, 11) is 0. The summed E-state index contributed by atoms with van der Waals surface area (Å²) in [6.45, 7) is 6.60. The number of piperidine rings is 1. The zero-order chi connectivity index (χ0) is 14.2. The van der Waals surface area contributed by atoms with Crippen LogP contribution < -0.4 is 4.90 Å². The number of aromatic amines is 1. The van der Waals surface area contributed by atoms with E-state index in [9.17, 15) is 0 Å². The van der Waals surface area contributed by atoms with Crippen LogP contribution in [0.2, 0.25) is 0 Å². The summed E-state index contributed by atoms with van der Waals surface area (Å²) >= 11 is 5.36. The van der Waals surface area contributed by atoms with Crippen molar-refractivity contribution in [3.63, 3.8) is 0 Å². The van der Waals surface area contributed by atoms with Crippen molar-refractivity contribution < 1.29 is 0 Å². The van der Waals surface area contributed by atoms with Gasteiger partial charge in [-0.05, 0) is 57.2 Å². The van der Waals surface area contributed by atoms with Crippen molar-refractivity contribution in [3.05, 3.63) is 4.77 Å². The van der Waals surface area contributed by atoms with Crippen LogP contribution >= 0.6 is 12.2 Å². The highest BCUT2D eigenvalue weighted by Crippen LogP contribution is 2.45. The molecule has 0 bridgehead atoms. The van der Waals surface area contributed by atoms with Crippen LogP contribution in [-0.2, 0) is 0 Å². The van der Waals surface area contributed by atoms with E-state index in [2.05, 4.69) is 33.5 Å². The lowest BCUT2D eigenvalue weighted by molar-refractivity contribution is 0.143. The molecule has 0 unspecified atom stereocenters. The third-order valence-corrected chi connectivity index (χ3v) is 5.51. The topological polar surface area (TPSA) is 36.9 Å². The van der Waals surface area contributed by atoms with Crippen LogP contribution in [0.25, 0.3) is 0 Å². The Balaban J connectivity index is 1.73. The lowest BCUT2D eigenvalue weighted by Crippen LogP contribution is -2.42. The molecule has 2 aliphatic rings. The second kappa shape index (κ2) is 5.51. The van der Waals surface area contributed by atoms with Crippen LogP contribution in [0.5, 0.6) is 0 Å². The largest absolute Gasteiger partial charge is 0.341 e. The quantitative estimate of drug-likeness (QED) is 0.835. The minimum absolute atomic E-state index is 0.363. The van der Waals surface area contributed by atoms with Gasteiger partial charge >= 0.3 is 0 Å². The van der Waals surface area contributed by atoms with Crippen molar-refractivity contribution in [2.75, 3.05) is 18.0 Å². The summed E-state index contributed by atoms with van der Waals surface area (Å²) in [6, 6.07) is 0.363. The van der Waals surface area contributed by atoms with Crippen LogP contribution in [0.3, 0.4) is 0 Å². The maximum absolute atomic E-state index is 5.36. The number of hydrogen-bond acceptors (Lipinski definition) is 3. The number of anilines is 1. The summed E-state index contributed by atoms with van der Waals surface area (Å²) in [5.74, 6) is 1.04. The molecule has 112 valence electrons. The van der Waals surface area contributed by atoms with Crippen LogP contribution in [0, 0.1) is 10.2 Å². The van der Waals surface area contributed by atoms with Crippen molar-refractivity contribution in [3.8, 4) is 0 Å². The smallest absolute Gasteiger partial charge is 0.225 e. The maximum atomic E-state index is 5.36. The predicted molar refractivity (Wildman–Crippen MR) is 84.8 cm³/mol. The molecule has 1 aliphatic heterocycles. The molecular formula is C15H26N4S. The van der Waals surface area contributed by atoms with Gasteiger partial charge in [-0.2, -0.15) is 0 Å². The van der Waals surface area contributed by atoms with Gasteiger partial charge in [0.25, 0.3) is 0 Å². The standard InChI is InChI=1S/C15H26N4S/c1-12(2)19-13(16-17-14(19)20)18-10-8-15(9-11-18)6-4-3-5-7-15/h12H,3-11H2,1-2H3,(H,17,20). The fourth-order valence-corrected chi connectivity index (χ4v) is 4.31. The highest BCUT2D eigenvalue weighted by atomic mass is 32.1. The van der Waals surface area contributed by atoms with Gasteiger partial charge in [0.1, 0.15) is 0 Å². The highest BCUT2D eigenvalue weighted by Gasteiger charge is 2.36. The number of nitrogens with zero attached hydrogens (tertiary/aromatic N) is 3. The van der Waals surface area contributed by atoms with Crippen LogP contribution in [0.4, 0.5) is 5.95 Å². The first-order valence-electron chi connectivity index (χ1n) is 8.03. The molecule has 1 saturated carbocycles. The number of H-pyrrole nitrogens is 1. The van der Waals surface area contributed by atoms with Crippen molar-refractivity contribution in [2.24, 2.45) is 5.41 Å². The van der Waals surface area contributed by atoms with Gasteiger partial charge in [-0.3, -0.25) is 4.57 Å². The van der Waals surface area contributed by atoms with E-state index in [1.54, 1.807) is 0 Å². The molecule has 2 fully saturated rings. The van der Waals surface area contributed by atoms with E-state index in [0.717, 1.165) is 23.8 Å². The van der Waals surface area contributed by atoms with Crippen LogP contribution in [0.1, 0.15) is 64.8 Å². The summed E-state index contributed by atoms with van der Waals surface area (Å²) in [4.78, 5) is 2.42. The highest BCUT2D eigenvalue weighted by molar-refractivity contribution is 7.71. The van der Waals surface area contributed by atoms with Gasteiger partial charge in [-0.15, -0.1) is 5.10 Å². The fourth-order valence-electron chi connectivity index (χ4n) is 3.97. The first-order chi connectivity index (χ1) is 9.61. The third-order valence-electron chi connectivity index (χ3n) is 5.22. The van der Waals surface area contributed by atoms with Gasteiger partial charge in [-0.25, -0.2) is 5.10 Å². The molecule has 1 aliphatic carbocycles. The molecule has 1 aromatic rings. The van der Waals surface area contributed by atoms with Gasteiger partial charge in [-0.1, -0.05) is 19.3 Å². The van der Waals surface area contributed by atoms with E-state index in [4.69, 9.17) is 12.2 Å². The van der Waals surface area contributed by atoms with E-state index in [1.165, 1.54) is 44.9 Å². The van der Waals surface area contributed by atoms with Gasteiger partial charge in [0.05, 0.1) is 0 Å². The molecule has 20 heavy (non-hydrogen) atoms. The molecule has 4 nitrogen and oxygen atoms in total. The molecule has 3 rings (SSSR count). The fraction of sp³-hybridized carbons (Fsp3) is 0.867. The summed E-state index contributed by atoms with van der Waals surface area (Å²) in [5, 5.41) is 7.43. The van der Waals surface area contributed by atoms with E-state index < -0.39 is 0 Å². The second-order valence-corrected chi connectivity index (χ2v) is 7.23. The Morgan fingerprint density at radius 2 is 1.75 bits per heavy atom. The molecule has 1 N–H and O–H groups in total. The number of rotatable bonds is 2. The molecule has 1 aromatic heterocycles. The summed E-state index contributed by atoms with van der Waals surface area (Å²) in [6.07, 6.45) is 9.85. The number of hydrogen-bond donors (Lipinski definition) is 1. The van der Waals surface area contributed by atoms with Crippen molar-refractivity contribution in [2.45, 2.75) is 64.8 Å². The Morgan fingerprint density at radius 1 is 1.10 bits per heavy atom. The van der Waals surface area contributed by atoms with Crippen LogP contribution in [0.15, 0.2) is 0 Å². The number of nitrogens with one attached hydrogen (secondary N) is 1. The minimum atomic E-state index is 0.363. The minimum Gasteiger partial charge on any atom is -0.341 e. The molecule has 0 atom stereocenters. The van der Waals surface area contributed by atoms with Gasteiger partial charge in [0.2, 0.25) is 5.95 Å². The van der Waals surface area contributed by atoms with Gasteiger partial charge < -0.3 is 4.90 Å². The van der Waals surface area contributed by atoms with Gasteiger partial charge in [0.15, 0.2) is 4.77 Å². The lowest BCUT2D eigenvalue weighted by Gasteiger charge is -2.44.